The van der Waals surface area contributed by atoms with E-state index in [0.717, 1.165) is 11.3 Å². The number of rotatable bonds is 7. The Hall–Kier alpha value is -3.98. The van der Waals surface area contributed by atoms with Crippen LogP contribution in [0.1, 0.15) is 38.2 Å². The molecule has 9 heteroatoms. The molecule has 2 aromatic heterocycles. The summed E-state index contributed by atoms with van der Waals surface area (Å²) in [5.74, 6) is -0.390. The largest absolute Gasteiger partial charge is 0.493 e. The number of aromatic nitrogens is 1. The van der Waals surface area contributed by atoms with Crippen molar-refractivity contribution in [1.29, 1.82) is 0 Å². The first kappa shape index (κ1) is 24.2. The van der Waals surface area contributed by atoms with Crippen molar-refractivity contribution in [2.75, 3.05) is 26.6 Å². The summed E-state index contributed by atoms with van der Waals surface area (Å²) in [6.07, 6.45) is 0. The molecule has 4 aromatic rings. The van der Waals surface area contributed by atoms with Gasteiger partial charge in [-0.2, -0.15) is 0 Å². The summed E-state index contributed by atoms with van der Waals surface area (Å²) in [5, 5.41) is 0.460. The summed E-state index contributed by atoms with van der Waals surface area (Å²) >= 11 is 1.12. The molecule has 0 unspecified atom stereocenters. The Bertz CT molecular complexity index is 1450. The Morgan fingerprint density at radius 3 is 2.37 bits per heavy atom. The van der Waals surface area contributed by atoms with Crippen LogP contribution in [-0.4, -0.2) is 37.6 Å². The van der Waals surface area contributed by atoms with Crippen LogP contribution in [0.25, 0.3) is 21.3 Å². The van der Waals surface area contributed by atoms with Crippen molar-refractivity contribution in [3.05, 3.63) is 70.0 Å². The van der Waals surface area contributed by atoms with Crippen molar-refractivity contribution in [3.8, 4) is 22.6 Å². The number of aryl methyl sites for hydroxylation is 1. The van der Waals surface area contributed by atoms with Crippen LogP contribution < -0.4 is 15.2 Å². The third kappa shape index (κ3) is 4.30. The molecule has 0 aliphatic heterocycles. The van der Waals surface area contributed by atoms with E-state index in [1.54, 1.807) is 32.0 Å². The van der Waals surface area contributed by atoms with Crippen LogP contribution in [0.4, 0.5) is 10.1 Å². The molecular weight excluding hydrogens is 471 g/mol. The van der Waals surface area contributed by atoms with Gasteiger partial charge in [0.2, 0.25) is 5.78 Å². The number of anilines is 1. The molecular formula is C26H23FN2O5S. The summed E-state index contributed by atoms with van der Waals surface area (Å²) in [6.45, 7) is 3.59. The van der Waals surface area contributed by atoms with Crippen molar-refractivity contribution < 1.29 is 28.2 Å². The SMILES string of the molecule is CCOC(=O)c1c(C)nc2sc(C(=O)c3ccc(F)cc3)c(N)c2c1-c1ccc(OC)c(OC)c1. The van der Waals surface area contributed by atoms with Gasteiger partial charge in [0.25, 0.3) is 0 Å². The number of esters is 1. The van der Waals surface area contributed by atoms with Crippen molar-refractivity contribution in [2.24, 2.45) is 0 Å². The van der Waals surface area contributed by atoms with Gasteiger partial charge in [0.15, 0.2) is 11.5 Å². The Labute approximate surface area is 205 Å². The number of nitrogens with two attached hydrogens (primary N) is 1. The zero-order valence-electron chi connectivity index (χ0n) is 19.6. The number of hydrogen-bond acceptors (Lipinski definition) is 8. The molecule has 0 spiro atoms. The van der Waals surface area contributed by atoms with Gasteiger partial charge in [-0.05, 0) is 55.8 Å². The maximum atomic E-state index is 13.4. The van der Waals surface area contributed by atoms with E-state index in [1.807, 2.05) is 0 Å². The lowest BCUT2D eigenvalue weighted by molar-refractivity contribution is 0.0526. The van der Waals surface area contributed by atoms with Gasteiger partial charge in [0.1, 0.15) is 15.5 Å². The van der Waals surface area contributed by atoms with Crippen molar-refractivity contribution in [1.82, 2.24) is 4.98 Å². The monoisotopic (exact) mass is 494 g/mol. The Morgan fingerprint density at radius 1 is 1.06 bits per heavy atom. The molecule has 2 N–H and O–H groups in total. The number of nitrogens with zero attached hydrogens (tertiary/aromatic N) is 1. The number of ketones is 1. The fourth-order valence-electron chi connectivity index (χ4n) is 3.90. The molecule has 0 saturated heterocycles. The fourth-order valence-corrected chi connectivity index (χ4v) is 5.01. The van der Waals surface area contributed by atoms with Crippen molar-refractivity contribution in [3.63, 3.8) is 0 Å². The minimum atomic E-state index is -0.554. The summed E-state index contributed by atoms with van der Waals surface area (Å²) < 4.78 is 29.5. The van der Waals surface area contributed by atoms with Gasteiger partial charge in [-0.1, -0.05) is 6.07 Å². The molecule has 0 radical (unpaired) electrons. The first-order valence-corrected chi connectivity index (χ1v) is 11.5. The van der Waals surface area contributed by atoms with Crippen LogP contribution in [0.15, 0.2) is 42.5 Å². The highest BCUT2D eigenvalue weighted by atomic mass is 32.1. The molecule has 0 atom stereocenters. The molecule has 0 amide bonds. The lowest BCUT2D eigenvalue weighted by atomic mass is 9.94. The number of thiophene rings is 1. The smallest absolute Gasteiger partial charge is 0.340 e. The van der Waals surface area contributed by atoms with E-state index in [-0.39, 0.29) is 28.5 Å². The number of halogens is 1. The zero-order valence-corrected chi connectivity index (χ0v) is 20.4. The molecule has 0 fully saturated rings. The number of nitrogen functional groups attached to an aromatic ring is 1. The van der Waals surface area contributed by atoms with Gasteiger partial charge >= 0.3 is 5.97 Å². The fraction of sp³-hybridized carbons (Fsp3) is 0.192. The van der Waals surface area contributed by atoms with Gasteiger partial charge in [0.05, 0.1) is 37.8 Å². The van der Waals surface area contributed by atoms with Crippen LogP contribution in [0.5, 0.6) is 11.5 Å². The number of methoxy groups -OCH3 is 2. The van der Waals surface area contributed by atoms with Crippen molar-refractivity contribution in [2.45, 2.75) is 13.8 Å². The summed E-state index contributed by atoms with van der Waals surface area (Å²) in [4.78, 5) is 31.6. The highest BCUT2D eigenvalue weighted by molar-refractivity contribution is 7.21. The number of ether oxygens (including phenoxy) is 3. The number of pyridine rings is 1. The Balaban J connectivity index is 2.03. The molecule has 35 heavy (non-hydrogen) atoms. The predicted octanol–water partition coefficient (Wildman–Crippen LogP) is 5.42. The molecule has 2 aromatic carbocycles. The molecule has 0 bridgehead atoms. The third-order valence-corrected chi connectivity index (χ3v) is 6.62. The van der Waals surface area contributed by atoms with E-state index in [2.05, 4.69) is 4.98 Å². The highest BCUT2D eigenvalue weighted by Gasteiger charge is 2.28. The Kier molecular flexibility index (Phi) is 6.70. The summed E-state index contributed by atoms with van der Waals surface area (Å²) in [5.41, 5.74) is 8.79. The van der Waals surface area contributed by atoms with E-state index in [0.29, 0.717) is 44.1 Å². The van der Waals surface area contributed by atoms with Crippen LogP contribution >= 0.6 is 11.3 Å². The van der Waals surface area contributed by atoms with E-state index in [1.165, 1.54) is 38.5 Å². The van der Waals surface area contributed by atoms with E-state index in [4.69, 9.17) is 19.9 Å². The summed E-state index contributed by atoms with van der Waals surface area (Å²) in [7, 11) is 3.04. The molecule has 0 aliphatic carbocycles. The maximum absolute atomic E-state index is 13.4. The minimum absolute atomic E-state index is 0.176. The second-order valence-electron chi connectivity index (χ2n) is 7.60. The molecule has 0 saturated carbocycles. The second kappa shape index (κ2) is 9.71. The van der Waals surface area contributed by atoms with E-state index in [9.17, 15) is 14.0 Å². The molecule has 0 aliphatic rings. The topological polar surface area (TPSA) is 101 Å². The first-order valence-electron chi connectivity index (χ1n) is 10.7. The minimum Gasteiger partial charge on any atom is -0.493 e. The van der Waals surface area contributed by atoms with Gasteiger partial charge in [-0.3, -0.25) is 4.79 Å². The number of benzene rings is 2. The number of hydrogen-bond donors (Lipinski definition) is 1. The number of carbonyl (C=O) groups excluding carboxylic acids is 2. The molecule has 4 rings (SSSR count). The van der Waals surface area contributed by atoms with Gasteiger partial charge in [0, 0.05) is 16.5 Å². The Morgan fingerprint density at radius 2 is 1.74 bits per heavy atom. The second-order valence-corrected chi connectivity index (χ2v) is 8.60. The number of carbonyl (C=O) groups is 2. The van der Waals surface area contributed by atoms with Crippen LogP contribution in [0, 0.1) is 12.7 Å². The quantitative estimate of drug-likeness (QED) is 0.270. The van der Waals surface area contributed by atoms with Crippen LogP contribution in [0.3, 0.4) is 0 Å². The van der Waals surface area contributed by atoms with Gasteiger partial charge < -0.3 is 19.9 Å². The molecule has 180 valence electrons. The lowest BCUT2D eigenvalue weighted by Crippen LogP contribution is -2.11. The van der Waals surface area contributed by atoms with Crippen molar-refractivity contribution >= 4 is 39.0 Å². The highest BCUT2D eigenvalue weighted by Crippen LogP contribution is 2.44. The standard InChI is InChI=1S/C26H23FN2O5S/c1-5-34-26(31)19-13(2)29-25-21(20(19)15-8-11-17(32-3)18(12-15)33-4)22(28)24(35-25)23(30)14-6-9-16(27)10-7-14/h6-12H,5,28H2,1-4H3. The van der Waals surface area contributed by atoms with Crippen LogP contribution in [0.2, 0.25) is 0 Å². The average Bonchev–Trinajstić information content (AvgIpc) is 3.18. The molecule has 7 nitrogen and oxygen atoms in total. The van der Waals surface area contributed by atoms with Crippen LogP contribution in [-0.2, 0) is 4.74 Å². The average molecular weight is 495 g/mol. The summed E-state index contributed by atoms with van der Waals surface area (Å²) in [6, 6.07) is 10.5. The maximum Gasteiger partial charge on any atom is 0.340 e. The number of fused-ring (bicyclic) bond motifs is 1. The molecule has 2 heterocycles. The first-order chi connectivity index (χ1) is 16.8. The van der Waals surface area contributed by atoms with E-state index < -0.39 is 11.8 Å². The van der Waals surface area contributed by atoms with Gasteiger partial charge in [-0.25, -0.2) is 14.2 Å². The third-order valence-electron chi connectivity index (χ3n) is 5.52. The van der Waals surface area contributed by atoms with Gasteiger partial charge in [-0.15, -0.1) is 11.3 Å². The predicted molar refractivity (Wildman–Crippen MR) is 133 cm³/mol. The lowest BCUT2D eigenvalue weighted by Gasteiger charge is -2.15. The van der Waals surface area contributed by atoms with E-state index >= 15 is 0 Å². The zero-order chi connectivity index (χ0) is 25.3. The normalized spacial score (nSPS) is 10.9.